The largest absolute Gasteiger partial charge is 0.455 e. The van der Waals surface area contributed by atoms with E-state index in [0.717, 1.165) is 13.1 Å². The van der Waals surface area contributed by atoms with Gasteiger partial charge in [0.25, 0.3) is 0 Å². The summed E-state index contributed by atoms with van der Waals surface area (Å²) < 4.78 is 18.4. The zero-order valence-corrected chi connectivity index (χ0v) is 31.4. The smallest absolute Gasteiger partial charge is 0.313 e. The number of rotatable bonds is 18. The van der Waals surface area contributed by atoms with Crippen LogP contribution in [-0.2, 0) is 33.4 Å². The van der Waals surface area contributed by atoms with Gasteiger partial charge >= 0.3 is 5.97 Å². The third-order valence-corrected chi connectivity index (χ3v) is 11.4. The highest BCUT2D eigenvalue weighted by Gasteiger charge is 2.77. The third kappa shape index (κ3) is 8.43. The lowest BCUT2D eigenvalue weighted by molar-refractivity contribution is -0.161. The van der Waals surface area contributed by atoms with Crippen LogP contribution in [0.2, 0.25) is 0 Å². The van der Waals surface area contributed by atoms with Crippen LogP contribution in [0.25, 0.3) is 0 Å². The number of hydrogen-bond donors (Lipinski definition) is 2. The molecule has 1 unspecified atom stereocenters. The summed E-state index contributed by atoms with van der Waals surface area (Å²) in [5.74, 6) is -3.41. The molecule has 13 heteroatoms. The average molecular weight is 774 g/mol. The van der Waals surface area contributed by atoms with Gasteiger partial charge in [-0.1, -0.05) is 72.3 Å². The van der Waals surface area contributed by atoms with Gasteiger partial charge in [-0.15, -0.1) is 13.2 Å². The molecule has 2 bridgehead atoms. The number of nitrogens with one attached hydrogen (secondary N) is 1. The Morgan fingerprint density at radius 1 is 1.18 bits per heavy atom. The molecular formula is C38H53BrN4O8. The summed E-state index contributed by atoms with van der Waals surface area (Å²) in [7, 11) is 0. The Kier molecular flexibility index (Phi) is 13.5. The number of nitrogens with zero attached hydrogens (tertiary/aromatic N) is 3. The second kappa shape index (κ2) is 17.6. The Hall–Kier alpha value is -3.10. The molecule has 0 saturated carbocycles. The topological polar surface area (TPSA) is 138 Å². The van der Waals surface area contributed by atoms with Crippen molar-refractivity contribution in [1.82, 2.24) is 20.0 Å². The first-order valence-corrected chi connectivity index (χ1v) is 19.1. The van der Waals surface area contributed by atoms with E-state index < -0.39 is 53.6 Å². The maximum Gasteiger partial charge on any atom is 0.313 e. The van der Waals surface area contributed by atoms with Crippen molar-refractivity contribution in [2.75, 3.05) is 59.1 Å². The highest BCUT2D eigenvalue weighted by Crippen LogP contribution is 2.61. The van der Waals surface area contributed by atoms with Crippen LogP contribution in [0.4, 0.5) is 0 Å². The molecule has 3 amide bonds. The number of alkyl halides is 1. The van der Waals surface area contributed by atoms with Gasteiger partial charge < -0.3 is 34.4 Å². The molecule has 4 fully saturated rings. The van der Waals surface area contributed by atoms with Crippen LogP contribution in [0, 0.1) is 17.8 Å². The van der Waals surface area contributed by atoms with Crippen LogP contribution < -0.4 is 5.32 Å². The summed E-state index contributed by atoms with van der Waals surface area (Å²) in [6, 6.07) is 7.42. The van der Waals surface area contributed by atoms with Gasteiger partial charge in [-0.25, -0.2) is 0 Å². The Morgan fingerprint density at radius 2 is 1.90 bits per heavy atom. The van der Waals surface area contributed by atoms with E-state index in [0.29, 0.717) is 51.1 Å². The number of carbonyl (C=O) groups is 4. The second-order valence-corrected chi connectivity index (χ2v) is 15.5. The second-order valence-electron chi connectivity index (χ2n) is 14.4. The van der Waals surface area contributed by atoms with Crippen LogP contribution in [0.3, 0.4) is 0 Å². The number of hydrogen-bond acceptors (Lipinski definition) is 9. The lowest BCUT2D eigenvalue weighted by Crippen LogP contribution is -2.59. The van der Waals surface area contributed by atoms with E-state index in [1.807, 2.05) is 44.2 Å². The molecule has 51 heavy (non-hydrogen) atoms. The number of aliphatic hydroxyl groups excluding tert-OH is 1. The van der Waals surface area contributed by atoms with E-state index >= 15 is 0 Å². The Bertz CT molecular complexity index is 1410. The number of allylic oxidation sites excluding steroid dienone is 1. The van der Waals surface area contributed by atoms with Gasteiger partial charge in [-0.3, -0.25) is 24.1 Å². The number of benzene rings is 1. The van der Waals surface area contributed by atoms with Crippen molar-refractivity contribution < 1.29 is 38.5 Å². The summed E-state index contributed by atoms with van der Waals surface area (Å²) in [6.07, 6.45) is 3.35. The molecule has 5 rings (SSSR count). The number of amides is 3. The van der Waals surface area contributed by atoms with Crippen molar-refractivity contribution in [3.63, 3.8) is 0 Å². The fourth-order valence-electron chi connectivity index (χ4n) is 8.18. The lowest BCUT2D eigenvalue weighted by Gasteiger charge is -2.40. The normalized spacial score (nSPS) is 28.3. The number of morpholine rings is 1. The fraction of sp³-hybridized carbons (Fsp3) is 0.632. The van der Waals surface area contributed by atoms with Crippen molar-refractivity contribution in [3.05, 3.63) is 61.2 Å². The van der Waals surface area contributed by atoms with E-state index in [2.05, 4.69) is 39.3 Å². The average Bonchev–Trinajstić information content (AvgIpc) is 3.73. The van der Waals surface area contributed by atoms with Gasteiger partial charge in [0.15, 0.2) is 0 Å². The minimum atomic E-state index is -1.32. The SMILES string of the molecule is C=CCCC(=O)NC[C@@H](OC(=O)[C@H]1[C@@H]2O[C@@]3(CC2Br)[C@@H]1C(=O)N([C@@H](CO)CC(C)C)[C@@H]3C(=O)N(CC=C)CCN1CCOCC1)c1ccccc1. The first-order chi connectivity index (χ1) is 24.6. The van der Waals surface area contributed by atoms with E-state index in [1.54, 1.807) is 17.1 Å². The molecule has 8 atom stereocenters. The molecule has 0 aliphatic carbocycles. The molecule has 4 heterocycles. The molecule has 4 aliphatic heterocycles. The van der Waals surface area contributed by atoms with Crippen molar-refractivity contribution in [2.45, 2.75) is 74.3 Å². The van der Waals surface area contributed by atoms with Gasteiger partial charge in [0, 0.05) is 44.0 Å². The van der Waals surface area contributed by atoms with Gasteiger partial charge in [0.05, 0.1) is 50.3 Å². The van der Waals surface area contributed by atoms with Gasteiger partial charge in [0.1, 0.15) is 17.7 Å². The molecule has 4 saturated heterocycles. The molecule has 2 N–H and O–H groups in total. The Balaban J connectivity index is 1.46. The Morgan fingerprint density at radius 3 is 2.55 bits per heavy atom. The zero-order valence-electron chi connectivity index (χ0n) is 29.8. The van der Waals surface area contributed by atoms with Gasteiger partial charge in [0.2, 0.25) is 17.7 Å². The number of carbonyl (C=O) groups excluding carboxylic acids is 4. The van der Waals surface area contributed by atoms with Crippen molar-refractivity contribution in [2.24, 2.45) is 17.8 Å². The Labute approximate surface area is 309 Å². The van der Waals surface area contributed by atoms with Crippen molar-refractivity contribution in [1.29, 1.82) is 0 Å². The quantitative estimate of drug-likeness (QED) is 0.131. The molecule has 12 nitrogen and oxygen atoms in total. The molecule has 1 aromatic rings. The highest BCUT2D eigenvalue weighted by molar-refractivity contribution is 9.09. The van der Waals surface area contributed by atoms with Crippen molar-refractivity contribution in [3.8, 4) is 0 Å². The summed E-state index contributed by atoms with van der Waals surface area (Å²) >= 11 is 3.75. The van der Waals surface area contributed by atoms with Gasteiger partial charge in [-0.2, -0.15) is 0 Å². The predicted octanol–water partition coefficient (Wildman–Crippen LogP) is 2.86. The monoisotopic (exact) mass is 772 g/mol. The molecule has 0 aromatic heterocycles. The molecule has 1 aromatic carbocycles. The van der Waals surface area contributed by atoms with Crippen LogP contribution in [0.1, 0.15) is 51.2 Å². The molecular weight excluding hydrogens is 720 g/mol. The predicted molar refractivity (Wildman–Crippen MR) is 195 cm³/mol. The van der Waals surface area contributed by atoms with Crippen LogP contribution in [0.5, 0.6) is 0 Å². The van der Waals surface area contributed by atoms with E-state index in [1.165, 1.54) is 4.90 Å². The number of ether oxygens (including phenoxy) is 3. The summed E-state index contributed by atoms with van der Waals surface area (Å²) in [6.45, 7) is 15.4. The van der Waals surface area contributed by atoms with Crippen LogP contribution >= 0.6 is 15.9 Å². The molecule has 280 valence electrons. The standard InChI is InChI=1S/C38H53BrN4O8/c1-5-7-13-30(45)40-23-29(26-11-9-8-10-12-26)50-37(48)31-32-35(46)43(27(24-44)21-25(3)4)34(38(32)22-28(39)33(31)51-38)36(47)42(14-6-2)16-15-41-17-19-49-20-18-41/h5-6,8-12,25,27-29,31-34,44H,1-2,7,13-24H2,3-4H3,(H,40,45)/t27-,28?,29-,31-,32+,33-,34-,38+/m1/s1. The molecule has 0 radical (unpaired) electrons. The van der Waals surface area contributed by atoms with Crippen LogP contribution in [-0.4, -0.2) is 131 Å². The van der Waals surface area contributed by atoms with E-state index in [9.17, 15) is 24.3 Å². The maximum absolute atomic E-state index is 14.9. The minimum Gasteiger partial charge on any atom is -0.455 e. The fourth-order valence-corrected chi connectivity index (χ4v) is 9.12. The number of esters is 1. The van der Waals surface area contributed by atoms with Crippen LogP contribution in [0.15, 0.2) is 55.6 Å². The first kappa shape index (κ1) is 39.1. The third-order valence-electron chi connectivity index (χ3n) is 10.5. The van der Waals surface area contributed by atoms with E-state index in [-0.39, 0.29) is 48.7 Å². The molecule has 4 aliphatic rings. The number of halogens is 1. The number of aliphatic hydroxyl groups is 1. The number of likely N-dealkylation sites (tertiary alicyclic amines) is 1. The summed E-state index contributed by atoms with van der Waals surface area (Å²) in [5, 5.41) is 13.6. The van der Waals surface area contributed by atoms with E-state index in [4.69, 9.17) is 14.2 Å². The van der Waals surface area contributed by atoms with Gasteiger partial charge in [-0.05, 0) is 30.7 Å². The zero-order chi connectivity index (χ0) is 36.7. The summed E-state index contributed by atoms with van der Waals surface area (Å²) in [4.78, 5) is 61.7. The minimum absolute atomic E-state index is 0.0410. The molecule has 1 spiro atoms. The maximum atomic E-state index is 14.9. The highest BCUT2D eigenvalue weighted by atomic mass is 79.9. The first-order valence-electron chi connectivity index (χ1n) is 18.1. The number of fused-ring (bicyclic) bond motifs is 1. The summed E-state index contributed by atoms with van der Waals surface area (Å²) in [5.41, 5.74) is -0.630. The lowest BCUT2D eigenvalue weighted by atomic mass is 9.70. The van der Waals surface area contributed by atoms with Crippen molar-refractivity contribution >= 4 is 39.6 Å².